The first-order valence-corrected chi connectivity index (χ1v) is 9.83. The fourth-order valence-corrected chi connectivity index (χ4v) is 4.06. The highest BCUT2D eigenvalue weighted by molar-refractivity contribution is 9.10. The summed E-state index contributed by atoms with van der Waals surface area (Å²) in [6.07, 6.45) is 9.41. The minimum atomic E-state index is -0.190. The molecule has 1 saturated heterocycles. The quantitative estimate of drug-likeness (QED) is 0.766. The Morgan fingerprint density at radius 2 is 1.83 bits per heavy atom. The van der Waals surface area contributed by atoms with E-state index in [1.807, 2.05) is 12.1 Å². The lowest BCUT2D eigenvalue weighted by Crippen LogP contribution is -2.33. The number of benzene rings is 1. The van der Waals surface area contributed by atoms with E-state index in [1.54, 1.807) is 4.90 Å². The van der Waals surface area contributed by atoms with Crippen LogP contribution in [-0.2, 0) is 11.2 Å². The summed E-state index contributed by atoms with van der Waals surface area (Å²) in [6.45, 7) is 0.576. The van der Waals surface area contributed by atoms with Crippen LogP contribution in [-0.4, -0.2) is 29.4 Å². The van der Waals surface area contributed by atoms with Gasteiger partial charge in [0.15, 0.2) is 5.96 Å². The van der Waals surface area contributed by atoms with Crippen LogP contribution in [0.15, 0.2) is 28.7 Å². The number of nitrogens with zero attached hydrogens (tertiary/aromatic N) is 1. The molecule has 0 bridgehead atoms. The summed E-state index contributed by atoms with van der Waals surface area (Å²) in [5, 5.41) is 11.2. The summed E-state index contributed by atoms with van der Waals surface area (Å²) in [6, 6.07) is 7.95. The Morgan fingerprint density at radius 1 is 1.12 bits per heavy atom. The number of carbonyl (C=O) groups is 1. The summed E-state index contributed by atoms with van der Waals surface area (Å²) < 4.78 is 1.06. The fourth-order valence-electron chi connectivity index (χ4n) is 3.79. The van der Waals surface area contributed by atoms with E-state index < -0.39 is 0 Å². The molecule has 3 rings (SSSR count). The molecule has 1 saturated carbocycles. The number of halogens is 1. The van der Waals surface area contributed by atoms with Crippen molar-refractivity contribution in [2.45, 2.75) is 57.4 Å². The van der Waals surface area contributed by atoms with E-state index in [1.165, 1.54) is 37.7 Å². The molecule has 2 N–H and O–H groups in total. The van der Waals surface area contributed by atoms with Gasteiger partial charge < -0.3 is 5.32 Å². The van der Waals surface area contributed by atoms with Gasteiger partial charge in [0.25, 0.3) is 5.91 Å². The molecular weight excluding hydrogens is 366 g/mol. The summed E-state index contributed by atoms with van der Waals surface area (Å²) in [7, 11) is 0. The first-order chi connectivity index (χ1) is 11.6. The molecule has 1 atom stereocenters. The fraction of sp³-hybridized carbons (Fsp3) is 0.579. The van der Waals surface area contributed by atoms with Gasteiger partial charge in [-0.3, -0.25) is 15.1 Å². The Hall–Kier alpha value is -1.36. The second kappa shape index (κ2) is 8.15. The van der Waals surface area contributed by atoms with Crippen LogP contribution in [0.3, 0.4) is 0 Å². The number of nitrogens with one attached hydrogen (secondary N) is 2. The topological polar surface area (TPSA) is 56.2 Å². The summed E-state index contributed by atoms with van der Waals surface area (Å²) >= 11 is 3.43. The number of carbonyl (C=O) groups excluding carboxylic acids is 1. The summed E-state index contributed by atoms with van der Waals surface area (Å²) in [5.74, 6) is 1.12. The smallest absolute Gasteiger partial charge is 0.251 e. The van der Waals surface area contributed by atoms with E-state index in [9.17, 15) is 4.79 Å². The minimum absolute atomic E-state index is 0.0768. The predicted molar refractivity (Wildman–Crippen MR) is 100 cm³/mol. The van der Waals surface area contributed by atoms with Crippen LogP contribution in [0, 0.1) is 11.3 Å². The third-order valence-corrected chi connectivity index (χ3v) is 5.80. The average molecular weight is 392 g/mol. The SMILES string of the molecule is N=C1NC(CCC2CCCCC2)C(=O)N1CCc1ccc(Br)cc1. The van der Waals surface area contributed by atoms with Crippen LogP contribution in [0.25, 0.3) is 0 Å². The van der Waals surface area contributed by atoms with E-state index in [0.29, 0.717) is 6.54 Å². The Labute approximate surface area is 152 Å². The molecule has 1 unspecified atom stereocenters. The zero-order valence-corrected chi connectivity index (χ0v) is 15.6. The maximum Gasteiger partial charge on any atom is 0.251 e. The van der Waals surface area contributed by atoms with Crippen LogP contribution < -0.4 is 5.32 Å². The first-order valence-electron chi connectivity index (χ1n) is 9.04. The van der Waals surface area contributed by atoms with Crippen molar-refractivity contribution in [3.8, 4) is 0 Å². The van der Waals surface area contributed by atoms with Crippen LogP contribution in [0.1, 0.15) is 50.5 Å². The number of hydrogen-bond acceptors (Lipinski definition) is 2. The van der Waals surface area contributed by atoms with Crippen LogP contribution >= 0.6 is 15.9 Å². The van der Waals surface area contributed by atoms with Gasteiger partial charge in [0.05, 0.1) is 0 Å². The normalized spacial score (nSPS) is 22.0. The Bertz CT molecular complexity index is 581. The first kappa shape index (κ1) is 17.5. The molecule has 2 fully saturated rings. The molecule has 2 aliphatic rings. The van der Waals surface area contributed by atoms with E-state index in [0.717, 1.165) is 29.7 Å². The maximum atomic E-state index is 12.6. The van der Waals surface area contributed by atoms with Crippen molar-refractivity contribution in [1.29, 1.82) is 5.41 Å². The van der Waals surface area contributed by atoms with Gasteiger partial charge >= 0.3 is 0 Å². The van der Waals surface area contributed by atoms with Crippen LogP contribution in [0.2, 0.25) is 0 Å². The molecule has 1 aromatic carbocycles. The lowest BCUT2D eigenvalue weighted by molar-refractivity contribution is -0.127. The van der Waals surface area contributed by atoms with Crippen LogP contribution in [0.4, 0.5) is 0 Å². The van der Waals surface area contributed by atoms with Gasteiger partial charge in [-0.15, -0.1) is 0 Å². The van der Waals surface area contributed by atoms with Gasteiger partial charge in [-0.25, -0.2) is 0 Å². The lowest BCUT2D eigenvalue weighted by Gasteiger charge is -2.22. The van der Waals surface area contributed by atoms with E-state index in [2.05, 4.69) is 33.4 Å². The van der Waals surface area contributed by atoms with E-state index in [-0.39, 0.29) is 17.9 Å². The van der Waals surface area contributed by atoms with Crippen molar-refractivity contribution in [2.75, 3.05) is 6.54 Å². The van der Waals surface area contributed by atoms with Gasteiger partial charge in [-0.05, 0) is 42.9 Å². The van der Waals surface area contributed by atoms with Crippen molar-refractivity contribution >= 4 is 27.8 Å². The molecular formula is C19H26BrN3O. The van der Waals surface area contributed by atoms with Gasteiger partial charge in [-0.2, -0.15) is 0 Å². The van der Waals surface area contributed by atoms with Crippen molar-refractivity contribution < 1.29 is 4.79 Å². The van der Waals surface area contributed by atoms with Gasteiger partial charge in [0.1, 0.15) is 6.04 Å². The van der Waals surface area contributed by atoms with Crippen molar-refractivity contribution in [2.24, 2.45) is 5.92 Å². The number of rotatable bonds is 6. The summed E-state index contributed by atoms with van der Waals surface area (Å²) in [5.41, 5.74) is 1.18. The molecule has 1 aliphatic heterocycles. The molecule has 1 heterocycles. The Morgan fingerprint density at radius 3 is 2.54 bits per heavy atom. The Kier molecular flexibility index (Phi) is 5.93. The third kappa shape index (κ3) is 4.38. The molecule has 1 aliphatic carbocycles. The second-order valence-electron chi connectivity index (χ2n) is 6.99. The Balaban J connectivity index is 1.48. The molecule has 5 heteroatoms. The van der Waals surface area contributed by atoms with Crippen molar-refractivity contribution in [3.63, 3.8) is 0 Å². The monoisotopic (exact) mass is 391 g/mol. The molecule has 4 nitrogen and oxygen atoms in total. The number of hydrogen-bond donors (Lipinski definition) is 2. The molecule has 0 spiro atoms. The average Bonchev–Trinajstić information content (AvgIpc) is 2.87. The van der Waals surface area contributed by atoms with Crippen molar-refractivity contribution in [1.82, 2.24) is 10.2 Å². The predicted octanol–water partition coefficient (Wildman–Crippen LogP) is 4.09. The molecule has 0 radical (unpaired) electrons. The lowest BCUT2D eigenvalue weighted by atomic mass is 9.85. The van der Waals surface area contributed by atoms with E-state index in [4.69, 9.17) is 5.41 Å². The highest BCUT2D eigenvalue weighted by atomic mass is 79.9. The van der Waals surface area contributed by atoms with Gasteiger partial charge in [0, 0.05) is 11.0 Å². The highest BCUT2D eigenvalue weighted by Gasteiger charge is 2.35. The summed E-state index contributed by atoms with van der Waals surface area (Å²) in [4.78, 5) is 14.2. The molecule has 130 valence electrons. The zero-order chi connectivity index (χ0) is 16.9. The molecule has 24 heavy (non-hydrogen) atoms. The number of amides is 1. The second-order valence-corrected chi connectivity index (χ2v) is 7.91. The van der Waals surface area contributed by atoms with Crippen LogP contribution in [0.5, 0.6) is 0 Å². The molecule has 1 amide bonds. The minimum Gasteiger partial charge on any atom is -0.344 e. The van der Waals surface area contributed by atoms with Crippen molar-refractivity contribution in [3.05, 3.63) is 34.3 Å². The van der Waals surface area contributed by atoms with Gasteiger partial charge in [0.2, 0.25) is 0 Å². The molecule has 1 aromatic rings. The van der Waals surface area contributed by atoms with E-state index >= 15 is 0 Å². The standard InChI is InChI=1S/C19H26BrN3O/c20-16-9-6-15(7-10-16)12-13-23-18(24)17(22-19(23)21)11-8-14-4-2-1-3-5-14/h6-7,9-10,14,17H,1-5,8,11-13H2,(H2,21,22). The maximum absolute atomic E-state index is 12.6. The molecule has 0 aromatic heterocycles. The zero-order valence-electron chi connectivity index (χ0n) is 14.1. The highest BCUT2D eigenvalue weighted by Crippen LogP contribution is 2.28. The largest absolute Gasteiger partial charge is 0.344 e. The third-order valence-electron chi connectivity index (χ3n) is 5.27. The van der Waals surface area contributed by atoms with Gasteiger partial charge in [-0.1, -0.05) is 60.2 Å². The number of guanidine groups is 1.